The number of nitrogens with zero attached hydrogens (tertiary/aromatic N) is 1. The molecule has 0 aliphatic rings. The molecule has 3 nitrogen and oxygen atoms in total. The minimum Gasteiger partial charge on any atom is -0.478 e. The van der Waals surface area contributed by atoms with Crippen molar-refractivity contribution in [1.82, 2.24) is 4.90 Å². The molecule has 1 heterocycles. The molecule has 0 saturated heterocycles. The lowest BCUT2D eigenvalue weighted by Gasteiger charge is -2.15. The average Bonchev–Trinajstić information content (AvgIpc) is 2.66. The molecule has 0 atom stereocenters. The predicted molar refractivity (Wildman–Crippen MR) is 62.3 cm³/mol. The second-order valence-corrected chi connectivity index (χ2v) is 4.51. The maximum Gasteiger partial charge on any atom is 0.332 e. The van der Waals surface area contributed by atoms with Crippen molar-refractivity contribution in [3.63, 3.8) is 0 Å². The van der Waals surface area contributed by atoms with Gasteiger partial charge in [-0.2, -0.15) is 0 Å². The molecule has 0 aromatic carbocycles. The van der Waals surface area contributed by atoms with E-state index in [1.807, 2.05) is 23.4 Å². The first-order valence-electron chi connectivity index (χ1n) is 4.71. The smallest absolute Gasteiger partial charge is 0.332 e. The zero-order chi connectivity index (χ0) is 11.3. The summed E-state index contributed by atoms with van der Waals surface area (Å²) in [4.78, 5) is 13.8. The van der Waals surface area contributed by atoms with E-state index in [4.69, 9.17) is 5.11 Å². The highest BCUT2D eigenvalue weighted by molar-refractivity contribution is 7.09. The van der Waals surface area contributed by atoms with Gasteiger partial charge in [-0.3, -0.25) is 0 Å². The zero-order valence-electron chi connectivity index (χ0n) is 8.77. The summed E-state index contributed by atoms with van der Waals surface area (Å²) in [6, 6.07) is 4.11. The molecule has 0 unspecified atom stereocenters. The molecule has 0 saturated carbocycles. The van der Waals surface area contributed by atoms with Crippen LogP contribution in [0.5, 0.6) is 0 Å². The molecule has 4 heteroatoms. The Balaban J connectivity index is 2.27. The Morgan fingerprint density at radius 1 is 1.67 bits per heavy atom. The Hall–Kier alpha value is -1.13. The highest BCUT2D eigenvalue weighted by Gasteiger charge is 2.07. The average molecular weight is 225 g/mol. The van der Waals surface area contributed by atoms with Crippen LogP contribution in [0.3, 0.4) is 0 Å². The van der Waals surface area contributed by atoms with Crippen LogP contribution in [-0.4, -0.2) is 36.1 Å². The number of carboxylic acids is 1. The van der Waals surface area contributed by atoms with E-state index in [9.17, 15) is 4.79 Å². The van der Waals surface area contributed by atoms with Gasteiger partial charge >= 0.3 is 5.97 Å². The maximum absolute atomic E-state index is 10.5. The van der Waals surface area contributed by atoms with Crippen molar-refractivity contribution in [2.24, 2.45) is 0 Å². The Labute approximate surface area is 93.7 Å². The third-order valence-electron chi connectivity index (χ3n) is 2.08. The van der Waals surface area contributed by atoms with Crippen LogP contribution in [0.15, 0.2) is 29.7 Å². The fourth-order valence-electron chi connectivity index (χ4n) is 1.23. The van der Waals surface area contributed by atoms with E-state index in [0.29, 0.717) is 6.54 Å². The van der Waals surface area contributed by atoms with Crippen LogP contribution >= 0.6 is 11.3 Å². The number of rotatable bonds is 6. The van der Waals surface area contributed by atoms with E-state index in [1.54, 1.807) is 11.3 Å². The molecule has 1 aromatic heterocycles. The maximum atomic E-state index is 10.5. The van der Waals surface area contributed by atoms with E-state index in [2.05, 4.69) is 12.6 Å². The Bertz CT molecular complexity index is 332. The third-order valence-corrected chi connectivity index (χ3v) is 3.02. The highest BCUT2D eigenvalue weighted by atomic mass is 32.1. The van der Waals surface area contributed by atoms with Gasteiger partial charge in [0.2, 0.25) is 0 Å². The molecule has 0 aliphatic carbocycles. The third kappa shape index (κ3) is 4.27. The van der Waals surface area contributed by atoms with Crippen LogP contribution in [0.25, 0.3) is 0 Å². The molecule has 0 amide bonds. The number of hydrogen-bond acceptors (Lipinski definition) is 3. The summed E-state index contributed by atoms with van der Waals surface area (Å²) in [5, 5.41) is 10.7. The molecule has 1 N–H and O–H groups in total. The van der Waals surface area contributed by atoms with Crippen LogP contribution < -0.4 is 0 Å². The molecule has 1 aromatic rings. The standard InChI is InChI=1S/C11H15NO2S/c1-9(11(13)14)8-12(2)6-5-10-4-3-7-15-10/h3-4,7H,1,5-6,8H2,2H3,(H,13,14). The number of aliphatic carboxylic acids is 1. The topological polar surface area (TPSA) is 40.5 Å². The Kier molecular flexibility index (Phi) is 4.52. The molecule has 0 radical (unpaired) electrons. The molecular weight excluding hydrogens is 210 g/mol. The summed E-state index contributed by atoms with van der Waals surface area (Å²) in [5.41, 5.74) is 0.240. The molecule has 0 aliphatic heterocycles. The molecular formula is C11H15NO2S. The van der Waals surface area contributed by atoms with Crippen LogP contribution in [-0.2, 0) is 11.2 Å². The van der Waals surface area contributed by atoms with Gasteiger partial charge < -0.3 is 10.0 Å². The number of carboxylic acid groups (broad SMARTS) is 1. The summed E-state index contributed by atoms with van der Waals surface area (Å²) < 4.78 is 0. The second-order valence-electron chi connectivity index (χ2n) is 3.48. The van der Waals surface area contributed by atoms with Crippen molar-refractivity contribution in [1.29, 1.82) is 0 Å². The predicted octanol–water partition coefficient (Wildman–Crippen LogP) is 1.86. The van der Waals surface area contributed by atoms with E-state index in [-0.39, 0.29) is 5.57 Å². The lowest BCUT2D eigenvalue weighted by molar-refractivity contribution is -0.132. The monoisotopic (exact) mass is 225 g/mol. The van der Waals surface area contributed by atoms with Crippen molar-refractivity contribution >= 4 is 17.3 Å². The summed E-state index contributed by atoms with van der Waals surface area (Å²) in [5.74, 6) is -0.919. The molecule has 0 fully saturated rings. The highest BCUT2D eigenvalue weighted by Crippen LogP contribution is 2.09. The van der Waals surface area contributed by atoms with Crippen LogP contribution in [0.4, 0.5) is 0 Å². The molecule has 82 valence electrons. The van der Waals surface area contributed by atoms with Gasteiger partial charge in [-0.25, -0.2) is 4.79 Å². The fourth-order valence-corrected chi connectivity index (χ4v) is 1.93. The Morgan fingerprint density at radius 2 is 2.40 bits per heavy atom. The van der Waals surface area contributed by atoms with Gasteiger partial charge in [0.25, 0.3) is 0 Å². The van der Waals surface area contributed by atoms with Gasteiger partial charge in [-0.15, -0.1) is 11.3 Å². The SMILES string of the molecule is C=C(CN(C)CCc1cccs1)C(=O)O. The van der Waals surface area contributed by atoms with Crippen molar-refractivity contribution < 1.29 is 9.90 Å². The van der Waals surface area contributed by atoms with Crippen molar-refractivity contribution in [3.05, 3.63) is 34.5 Å². The van der Waals surface area contributed by atoms with Gasteiger partial charge in [-0.05, 0) is 24.9 Å². The number of carbonyl (C=O) groups is 1. The molecule has 0 spiro atoms. The summed E-state index contributed by atoms with van der Waals surface area (Å²) >= 11 is 1.72. The van der Waals surface area contributed by atoms with E-state index in [0.717, 1.165) is 13.0 Å². The summed E-state index contributed by atoms with van der Waals surface area (Å²) in [6.07, 6.45) is 0.959. The number of likely N-dealkylation sites (N-methyl/N-ethyl adjacent to an activating group) is 1. The first-order chi connectivity index (χ1) is 7.09. The second kappa shape index (κ2) is 5.68. The van der Waals surface area contributed by atoms with Crippen molar-refractivity contribution in [2.75, 3.05) is 20.1 Å². The lowest BCUT2D eigenvalue weighted by atomic mass is 10.2. The van der Waals surface area contributed by atoms with E-state index >= 15 is 0 Å². The van der Waals surface area contributed by atoms with Crippen LogP contribution in [0.1, 0.15) is 4.88 Å². The van der Waals surface area contributed by atoms with Gasteiger partial charge in [-0.1, -0.05) is 12.6 Å². The van der Waals surface area contributed by atoms with Gasteiger partial charge in [0, 0.05) is 23.5 Å². The quantitative estimate of drug-likeness (QED) is 0.751. The fraction of sp³-hybridized carbons (Fsp3) is 0.364. The molecule has 1 rings (SSSR count). The summed E-state index contributed by atoms with van der Waals surface area (Å²) in [6.45, 7) is 4.77. The van der Waals surface area contributed by atoms with Gasteiger partial charge in [0.1, 0.15) is 0 Å². The largest absolute Gasteiger partial charge is 0.478 e. The van der Waals surface area contributed by atoms with Gasteiger partial charge in [0.05, 0.1) is 0 Å². The van der Waals surface area contributed by atoms with Gasteiger partial charge in [0.15, 0.2) is 0 Å². The Morgan fingerprint density at radius 3 is 2.93 bits per heavy atom. The van der Waals surface area contributed by atoms with Crippen LogP contribution in [0.2, 0.25) is 0 Å². The number of hydrogen-bond donors (Lipinski definition) is 1. The molecule has 15 heavy (non-hydrogen) atoms. The van der Waals surface area contributed by atoms with E-state index < -0.39 is 5.97 Å². The normalized spacial score (nSPS) is 10.5. The zero-order valence-corrected chi connectivity index (χ0v) is 9.59. The first kappa shape index (κ1) is 11.9. The minimum absolute atomic E-state index is 0.240. The first-order valence-corrected chi connectivity index (χ1v) is 5.59. The van der Waals surface area contributed by atoms with E-state index in [1.165, 1.54) is 4.88 Å². The minimum atomic E-state index is -0.919. The summed E-state index contributed by atoms with van der Waals surface area (Å²) in [7, 11) is 1.90. The van der Waals surface area contributed by atoms with Crippen molar-refractivity contribution in [3.8, 4) is 0 Å². The molecule has 0 bridgehead atoms. The lowest BCUT2D eigenvalue weighted by Crippen LogP contribution is -2.25. The van der Waals surface area contributed by atoms with Crippen LogP contribution in [0, 0.1) is 0 Å². The number of thiophene rings is 1. The van der Waals surface area contributed by atoms with Crippen molar-refractivity contribution in [2.45, 2.75) is 6.42 Å².